The maximum Gasteiger partial charge on any atom is 0.259 e. The number of nitrogens with zero attached hydrogens (tertiary/aromatic N) is 2. The predicted octanol–water partition coefficient (Wildman–Crippen LogP) is 4.65. The normalized spacial score (nSPS) is 10.6. The molecule has 1 amide bonds. The fraction of sp³-hybridized carbons (Fsp3) is 0.0952. The van der Waals surface area contributed by atoms with Gasteiger partial charge in [0.1, 0.15) is 5.75 Å². The molecule has 0 fully saturated rings. The molecule has 140 valence electrons. The van der Waals surface area contributed by atoms with Crippen molar-refractivity contribution in [3.05, 3.63) is 83.1 Å². The monoisotopic (exact) mass is 391 g/mol. The molecule has 7 heteroatoms. The van der Waals surface area contributed by atoms with Gasteiger partial charge in [0.05, 0.1) is 24.0 Å². The Morgan fingerprint density at radius 2 is 1.93 bits per heavy atom. The van der Waals surface area contributed by atoms with Gasteiger partial charge in [-0.15, -0.1) is 11.3 Å². The summed E-state index contributed by atoms with van der Waals surface area (Å²) in [5.41, 5.74) is 2.04. The van der Waals surface area contributed by atoms with E-state index in [2.05, 4.69) is 15.5 Å². The summed E-state index contributed by atoms with van der Waals surface area (Å²) in [6.45, 7) is 0. The van der Waals surface area contributed by atoms with Gasteiger partial charge >= 0.3 is 0 Å². The zero-order valence-corrected chi connectivity index (χ0v) is 15.9. The van der Waals surface area contributed by atoms with Crippen LogP contribution < -0.4 is 10.1 Å². The van der Waals surface area contributed by atoms with E-state index >= 15 is 0 Å². The number of carbonyl (C=O) groups excluding carboxylic acids is 1. The molecule has 2 aromatic heterocycles. The molecule has 4 rings (SSSR count). The number of amides is 1. The Labute approximate surface area is 165 Å². The number of carbonyl (C=O) groups is 1. The van der Waals surface area contributed by atoms with Crippen LogP contribution in [0.25, 0.3) is 10.7 Å². The molecule has 0 saturated heterocycles. The van der Waals surface area contributed by atoms with Crippen LogP contribution >= 0.6 is 11.3 Å². The van der Waals surface area contributed by atoms with E-state index in [9.17, 15) is 4.79 Å². The number of ether oxygens (including phenoxy) is 1. The lowest BCUT2D eigenvalue weighted by molar-refractivity contribution is 0.102. The molecule has 28 heavy (non-hydrogen) atoms. The van der Waals surface area contributed by atoms with Crippen molar-refractivity contribution in [1.82, 2.24) is 10.1 Å². The first-order valence-corrected chi connectivity index (χ1v) is 9.51. The molecule has 0 aliphatic rings. The van der Waals surface area contributed by atoms with Crippen LogP contribution in [0.15, 0.2) is 70.6 Å². The smallest absolute Gasteiger partial charge is 0.259 e. The number of para-hydroxylation sites is 2. The minimum absolute atomic E-state index is 0.241. The summed E-state index contributed by atoms with van der Waals surface area (Å²) >= 11 is 1.55. The van der Waals surface area contributed by atoms with Crippen molar-refractivity contribution >= 4 is 22.9 Å². The predicted molar refractivity (Wildman–Crippen MR) is 108 cm³/mol. The summed E-state index contributed by atoms with van der Waals surface area (Å²) < 4.78 is 10.7. The van der Waals surface area contributed by atoms with Crippen molar-refractivity contribution in [1.29, 1.82) is 0 Å². The summed E-state index contributed by atoms with van der Waals surface area (Å²) in [5.74, 6) is 1.34. The summed E-state index contributed by atoms with van der Waals surface area (Å²) in [6.07, 6.45) is 0.417. The van der Waals surface area contributed by atoms with E-state index in [1.54, 1.807) is 36.6 Å². The van der Waals surface area contributed by atoms with Gasteiger partial charge < -0.3 is 14.6 Å². The number of rotatable bonds is 6. The Hall–Kier alpha value is -3.45. The van der Waals surface area contributed by atoms with E-state index < -0.39 is 0 Å². The van der Waals surface area contributed by atoms with Gasteiger partial charge in [-0.05, 0) is 35.2 Å². The van der Waals surface area contributed by atoms with Gasteiger partial charge in [-0.3, -0.25) is 4.79 Å². The van der Waals surface area contributed by atoms with Gasteiger partial charge in [-0.2, -0.15) is 4.98 Å². The molecule has 4 aromatic rings. The van der Waals surface area contributed by atoms with Crippen molar-refractivity contribution in [3.8, 4) is 16.5 Å². The summed E-state index contributed by atoms with van der Waals surface area (Å²) in [7, 11) is 1.54. The summed E-state index contributed by atoms with van der Waals surface area (Å²) in [5, 5.41) is 8.95. The van der Waals surface area contributed by atoms with Gasteiger partial charge in [0, 0.05) is 5.69 Å². The zero-order chi connectivity index (χ0) is 19.3. The van der Waals surface area contributed by atoms with Gasteiger partial charge in [0.15, 0.2) is 0 Å². The Morgan fingerprint density at radius 1 is 1.11 bits per heavy atom. The van der Waals surface area contributed by atoms with E-state index in [0.29, 0.717) is 35.1 Å². The van der Waals surface area contributed by atoms with Crippen LogP contribution in [0, 0.1) is 0 Å². The molecule has 1 N–H and O–H groups in total. The Kier molecular flexibility index (Phi) is 5.16. The van der Waals surface area contributed by atoms with E-state index in [1.807, 2.05) is 47.8 Å². The average Bonchev–Trinajstić information content (AvgIpc) is 3.41. The molecular weight excluding hydrogens is 374 g/mol. The maximum absolute atomic E-state index is 12.7. The maximum atomic E-state index is 12.7. The molecule has 0 aliphatic carbocycles. The van der Waals surface area contributed by atoms with Gasteiger partial charge in [0.2, 0.25) is 11.7 Å². The number of benzene rings is 2. The van der Waals surface area contributed by atoms with Gasteiger partial charge in [-0.25, -0.2) is 0 Å². The molecule has 0 saturated carbocycles. The number of thiophene rings is 1. The largest absolute Gasteiger partial charge is 0.496 e. The Morgan fingerprint density at radius 3 is 2.75 bits per heavy atom. The second-order valence-electron chi connectivity index (χ2n) is 5.98. The van der Waals surface area contributed by atoms with E-state index in [0.717, 1.165) is 10.4 Å². The first-order valence-electron chi connectivity index (χ1n) is 8.63. The average molecular weight is 391 g/mol. The molecule has 0 aliphatic heterocycles. The van der Waals surface area contributed by atoms with Crippen LogP contribution in [-0.2, 0) is 6.42 Å². The van der Waals surface area contributed by atoms with Gasteiger partial charge in [-0.1, -0.05) is 41.6 Å². The standard InChI is InChI=1S/C21H17N3O3S/c1-26-17-10-5-3-8-15(17)21(25)22-16-9-4-2-7-14(16)13-19-23-20(24-27-19)18-11-6-12-28-18/h2-12H,13H2,1H3,(H,22,25). The Balaban J connectivity index is 1.55. The highest BCUT2D eigenvalue weighted by Gasteiger charge is 2.15. The first kappa shape index (κ1) is 17.9. The quantitative estimate of drug-likeness (QED) is 0.518. The lowest BCUT2D eigenvalue weighted by Crippen LogP contribution is -2.14. The summed E-state index contributed by atoms with van der Waals surface area (Å²) in [6, 6.07) is 18.5. The van der Waals surface area contributed by atoms with Crippen molar-refractivity contribution in [2.75, 3.05) is 12.4 Å². The van der Waals surface area contributed by atoms with Crippen LogP contribution in [0.5, 0.6) is 5.75 Å². The van der Waals surface area contributed by atoms with Crippen LogP contribution in [0.2, 0.25) is 0 Å². The van der Waals surface area contributed by atoms with E-state index in [-0.39, 0.29) is 5.91 Å². The third-order valence-electron chi connectivity index (χ3n) is 4.17. The van der Waals surface area contributed by atoms with E-state index in [1.165, 1.54) is 0 Å². The van der Waals surface area contributed by atoms with Crippen molar-refractivity contribution < 1.29 is 14.1 Å². The zero-order valence-electron chi connectivity index (χ0n) is 15.1. The number of aromatic nitrogens is 2. The number of methoxy groups -OCH3 is 1. The molecule has 6 nitrogen and oxygen atoms in total. The number of anilines is 1. The number of nitrogens with one attached hydrogen (secondary N) is 1. The van der Waals surface area contributed by atoms with Crippen molar-refractivity contribution in [3.63, 3.8) is 0 Å². The highest BCUT2D eigenvalue weighted by Crippen LogP contribution is 2.25. The second-order valence-corrected chi connectivity index (χ2v) is 6.93. The SMILES string of the molecule is COc1ccccc1C(=O)Nc1ccccc1Cc1nc(-c2cccs2)no1. The van der Waals surface area contributed by atoms with E-state index in [4.69, 9.17) is 9.26 Å². The van der Waals surface area contributed by atoms with Gasteiger partial charge in [0.25, 0.3) is 5.91 Å². The van der Waals surface area contributed by atoms with Crippen molar-refractivity contribution in [2.24, 2.45) is 0 Å². The minimum Gasteiger partial charge on any atom is -0.496 e. The lowest BCUT2D eigenvalue weighted by Gasteiger charge is -2.12. The van der Waals surface area contributed by atoms with Crippen LogP contribution in [-0.4, -0.2) is 23.2 Å². The highest BCUT2D eigenvalue weighted by atomic mass is 32.1. The Bertz CT molecular complexity index is 1090. The fourth-order valence-electron chi connectivity index (χ4n) is 2.81. The molecule has 0 bridgehead atoms. The lowest BCUT2D eigenvalue weighted by atomic mass is 10.1. The van der Waals surface area contributed by atoms with Crippen molar-refractivity contribution in [2.45, 2.75) is 6.42 Å². The van der Waals surface area contributed by atoms with Crippen LogP contribution in [0.3, 0.4) is 0 Å². The highest BCUT2D eigenvalue weighted by molar-refractivity contribution is 7.13. The molecule has 2 heterocycles. The number of hydrogen-bond donors (Lipinski definition) is 1. The third kappa shape index (κ3) is 3.79. The fourth-order valence-corrected chi connectivity index (χ4v) is 3.46. The molecule has 0 radical (unpaired) electrons. The molecular formula is C21H17N3O3S. The third-order valence-corrected chi connectivity index (χ3v) is 5.03. The first-order chi connectivity index (χ1) is 13.7. The molecule has 0 unspecified atom stereocenters. The minimum atomic E-state index is -0.241. The molecule has 0 atom stereocenters. The molecule has 2 aromatic carbocycles. The second kappa shape index (κ2) is 8.06. The van der Waals surface area contributed by atoms with Crippen LogP contribution in [0.4, 0.5) is 5.69 Å². The number of hydrogen-bond acceptors (Lipinski definition) is 6. The topological polar surface area (TPSA) is 77.2 Å². The molecule has 0 spiro atoms. The van der Waals surface area contributed by atoms with Crippen LogP contribution in [0.1, 0.15) is 21.8 Å². The summed E-state index contributed by atoms with van der Waals surface area (Å²) in [4.78, 5) is 18.1.